The zero-order valence-corrected chi connectivity index (χ0v) is 7.12. The minimum atomic E-state index is 0.213. The summed E-state index contributed by atoms with van der Waals surface area (Å²) in [6, 6.07) is 0.213. The van der Waals surface area contributed by atoms with E-state index in [1.807, 2.05) is 6.92 Å². The molecule has 2 nitrogen and oxygen atoms in total. The molecule has 0 unspecified atom stereocenters. The van der Waals surface area contributed by atoms with E-state index in [-0.39, 0.29) is 6.04 Å². The van der Waals surface area contributed by atoms with Crippen LogP contribution in [0.4, 0.5) is 0 Å². The number of ether oxygens (including phenoxy) is 1. The lowest BCUT2D eigenvalue weighted by atomic mass is 10.0. The molecule has 1 heterocycles. The second-order valence-electron chi connectivity index (χ2n) is 2.76. The Labute approximate surface area is 69.1 Å². The van der Waals surface area contributed by atoms with E-state index in [0.717, 1.165) is 13.0 Å². The predicted molar refractivity (Wildman–Crippen MR) is 47.1 cm³/mol. The Morgan fingerprint density at radius 1 is 1.45 bits per heavy atom. The van der Waals surface area contributed by atoms with Gasteiger partial charge in [-0.1, -0.05) is 0 Å². The molecule has 1 saturated heterocycles. The van der Waals surface area contributed by atoms with Gasteiger partial charge in [-0.2, -0.15) is 0 Å². The molecular weight excluding hydrogens is 138 g/mol. The predicted octanol–water partition coefficient (Wildman–Crippen LogP) is 1.15. The van der Waals surface area contributed by atoms with Crippen LogP contribution in [0.1, 0.15) is 26.2 Å². The first kappa shape index (κ1) is 10.5. The molecule has 1 fully saturated rings. The summed E-state index contributed by atoms with van der Waals surface area (Å²) in [5.41, 5.74) is 5.64. The Balaban J connectivity index is 0.000000461. The molecule has 0 bridgehead atoms. The van der Waals surface area contributed by atoms with Crippen LogP contribution in [0.15, 0.2) is 0 Å². The third-order valence-electron chi connectivity index (χ3n) is 1.80. The first-order valence-electron chi connectivity index (χ1n) is 4.01. The summed E-state index contributed by atoms with van der Waals surface area (Å²) in [6.07, 6.45) is 12.0. The number of hydrogen-bond acceptors (Lipinski definition) is 2. The van der Waals surface area contributed by atoms with Crippen molar-refractivity contribution in [1.82, 2.24) is 0 Å². The molecule has 2 atom stereocenters. The van der Waals surface area contributed by atoms with Gasteiger partial charge in [0, 0.05) is 12.6 Å². The molecule has 0 radical (unpaired) electrons. The molecule has 1 rings (SSSR count). The van der Waals surface area contributed by atoms with E-state index < -0.39 is 0 Å². The molecule has 0 aromatic heterocycles. The maximum atomic E-state index is 5.64. The highest BCUT2D eigenvalue weighted by Crippen LogP contribution is 2.13. The van der Waals surface area contributed by atoms with E-state index in [1.54, 1.807) is 0 Å². The van der Waals surface area contributed by atoms with Crippen molar-refractivity contribution in [2.24, 2.45) is 5.73 Å². The lowest BCUT2D eigenvalue weighted by molar-refractivity contribution is 0.00403. The number of terminal acetylenes is 1. The first-order valence-corrected chi connectivity index (χ1v) is 4.01. The Hall–Kier alpha value is -0.520. The van der Waals surface area contributed by atoms with Crippen LogP contribution in [0.25, 0.3) is 0 Å². The van der Waals surface area contributed by atoms with Crippen molar-refractivity contribution < 1.29 is 4.74 Å². The summed E-state index contributed by atoms with van der Waals surface area (Å²) in [6.45, 7) is 2.92. The zero-order valence-electron chi connectivity index (χ0n) is 7.12. The van der Waals surface area contributed by atoms with E-state index >= 15 is 0 Å². The van der Waals surface area contributed by atoms with Gasteiger partial charge in [-0.25, -0.2) is 0 Å². The largest absolute Gasteiger partial charge is 0.377 e. The second kappa shape index (κ2) is 6.21. The van der Waals surface area contributed by atoms with E-state index in [0.29, 0.717) is 6.10 Å². The van der Waals surface area contributed by atoms with Crippen LogP contribution >= 0.6 is 0 Å². The molecule has 0 aromatic carbocycles. The zero-order chi connectivity index (χ0) is 8.69. The summed E-state index contributed by atoms with van der Waals surface area (Å²) in [4.78, 5) is 0. The van der Waals surface area contributed by atoms with Gasteiger partial charge in [-0.05, 0) is 26.2 Å². The highest BCUT2D eigenvalue weighted by Gasteiger charge is 2.16. The molecule has 1 aliphatic heterocycles. The molecule has 1 aliphatic rings. The van der Waals surface area contributed by atoms with Gasteiger partial charge < -0.3 is 10.5 Å². The normalized spacial score (nSPS) is 26.4. The summed E-state index contributed by atoms with van der Waals surface area (Å²) >= 11 is 0. The molecule has 64 valence electrons. The highest BCUT2D eigenvalue weighted by atomic mass is 16.5. The van der Waals surface area contributed by atoms with Gasteiger partial charge in [0.05, 0.1) is 6.10 Å². The molecule has 2 heteroatoms. The summed E-state index contributed by atoms with van der Waals surface area (Å²) in [5.74, 6) is 0. The molecule has 0 aromatic rings. The lowest BCUT2D eigenvalue weighted by Gasteiger charge is -2.25. The van der Waals surface area contributed by atoms with Crippen molar-refractivity contribution in [3.63, 3.8) is 0 Å². The molecule has 11 heavy (non-hydrogen) atoms. The standard InChI is InChI=1S/C7H15NO.C2H2/c1-6(8)7-4-2-3-5-9-7;1-2/h6-7H,2-5,8H2,1H3;1-2H/t6-,7+;/m1./s1. The summed E-state index contributed by atoms with van der Waals surface area (Å²) in [7, 11) is 0. The third-order valence-corrected chi connectivity index (χ3v) is 1.80. The van der Waals surface area contributed by atoms with Gasteiger partial charge in [0.25, 0.3) is 0 Å². The molecular formula is C9H17NO. The number of hydrogen-bond donors (Lipinski definition) is 1. The van der Waals surface area contributed by atoms with Crippen LogP contribution in [0.5, 0.6) is 0 Å². The van der Waals surface area contributed by atoms with E-state index in [1.165, 1.54) is 12.8 Å². The van der Waals surface area contributed by atoms with Crippen molar-refractivity contribution >= 4 is 0 Å². The minimum absolute atomic E-state index is 0.213. The van der Waals surface area contributed by atoms with E-state index in [4.69, 9.17) is 10.5 Å². The quantitative estimate of drug-likeness (QED) is 0.576. The van der Waals surface area contributed by atoms with Crippen molar-refractivity contribution in [2.45, 2.75) is 38.3 Å². The second-order valence-corrected chi connectivity index (χ2v) is 2.76. The van der Waals surface area contributed by atoms with E-state index in [9.17, 15) is 0 Å². The molecule has 0 aliphatic carbocycles. The van der Waals surface area contributed by atoms with E-state index in [2.05, 4.69) is 12.8 Å². The average molecular weight is 155 g/mol. The van der Waals surface area contributed by atoms with Crippen molar-refractivity contribution in [1.29, 1.82) is 0 Å². The first-order chi connectivity index (χ1) is 5.30. The van der Waals surface area contributed by atoms with Gasteiger partial charge in [0.2, 0.25) is 0 Å². The van der Waals surface area contributed by atoms with Crippen LogP contribution < -0.4 is 5.73 Å². The highest BCUT2D eigenvalue weighted by molar-refractivity contribution is 4.71. The third kappa shape index (κ3) is 4.02. The number of nitrogens with two attached hydrogens (primary N) is 1. The Bertz CT molecular complexity index is 103. The van der Waals surface area contributed by atoms with Crippen LogP contribution in [0, 0.1) is 12.8 Å². The van der Waals surface area contributed by atoms with Gasteiger partial charge in [-0.15, -0.1) is 12.8 Å². The molecule has 0 amide bonds. The number of rotatable bonds is 1. The van der Waals surface area contributed by atoms with Gasteiger partial charge in [0.1, 0.15) is 0 Å². The Morgan fingerprint density at radius 2 is 2.09 bits per heavy atom. The average Bonchev–Trinajstić information content (AvgIpc) is 2.10. The van der Waals surface area contributed by atoms with Crippen LogP contribution in [-0.2, 0) is 4.74 Å². The minimum Gasteiger partial charge on any atom is -0.377 e. The topological polar surface area (TPSA) is 35.2 Å². The maximum absolute atomic E-state index is 5.64. The SMILES string of the molecule is C#C.C[C@@H](N)[C@@H]1CCCCO1. The fourth-order valence-electron chi connectivity index (χ4n) is 1.18. The van der Waals surface area contributed by atoms with Gasteiger partial charge in [-0.3, -0.25) is 0 Å². The van der Waals surface area contributed by atoms with Gasteiger partial charge in [0.15, 0.2) is 0 Å². The fourth-order valence-corrected chi connectivity index (χ4v) is 1.18. The monoisotopic (exact) mass is 155 g/mol. The van der Waals surface area contributed by atoms with Crippen LogP contribution in [0.3, 0.4) is 0 Å². The van der Waals surface area contributed by atoms with Gasteiger partial charge >= 0.3 is 0 Å². The Morgan fingerprint density at radius 3 is 2.36 bits per heavy atom. The summed E-state index contributed by atoms with van der Waals surface area (Å²) in [5, 5.41) is 0. The maximum Gasteiger partial charge on any atom is 0.0723 e. The smallest absolute Gasteiger partial charge is 0.0723 e. The molecule has 2 N–H and O–H groups in total. The fraction of sp³-hybridized carbons (Fsp3) is 0.778. The Kier molecular flexibility index (Phi) is 5.91. The van der Waals surface area contributed by atoms with Crippen molar-refractivity contribution in [2.75, 3.05) is 6.61 Å². The molecule has 0 saturated carbocycles. The molecule has 0 spiro atoms. The van der Waals surface area contributed by atoms with Crippen LogP contribution in [-0.4, -0.2) is 18.8 Å². The summed E-state index contributed by atoms with van der Waals surface area (Å²) < 4.78 is 5.41. The van der Waals surface area contributed by atoms with Crippen LogP contribution in [0.2, 0.25) is 0 Å². The lowest BCUT2D eigenvalue weighted by Crippen LogP contribution is -2.36. The van der Waals surface area contributed by atoms with Crippen molar-refractivity contribution in [3.05, 3.63) is 0 Å². The van der Waals surface area contributed by atoms with Crippen molar-refractivity contribution in [3.8, 4) is 12.8 Å².